The van der Waals surface area contributed by atoms with Crippen molar-refractivity contribution in [3.63, 3.8) is 0 Å². The van der Waals surface area contributed by atoms with Gasteiger partial charge in [0.2, 0.25) is 21.8 Å². The van der Waals surface area contributed by atoms with Crippen LogP contribution in [0.4, 0.5) is 11.4 Å². The van der Waals surface area contributed by atoms with Gasteiger partial charge in [-0.3, -0.25) is 24.0 Å². The van der Waals surface area contributed by atoms with Gasteiger partial charge in [-0.05, 0) is 38.0 Å². The number of methoxy groups -OCH3 is 1. The minimum atomic E-state index is -4.14. The molecule has 0 aliphatic heterocycles. The molecule has 224 valence electrons. The standard InChI is InChI=1S/C30H36N4O7S/c1-21(2)31-30(36)27(17-23-9-7-6-8-10-23)32(19-24-13-11-22(3)12-14-24)29(35)20-33(42(5,39)40)26-18-25(34(37)38)15-16-28(26)41-4/h6-16,18,21,27H,17,19-20H2,1-5H3,(H,31,36)/t27-/m0/s1. The van der Waals surface area contributed by atoms with E-state index in [9.17, 15) is 28.1 Å². The molecule has 12 heteroatoms. The molecule has 1 N–H and O–H groups in total. The Hall–Kier alpha value is -4.45. The molecule has 0 unspecified atom stereocenters. The Balaban J connectivity index is 2.12. The van der Waals surface area contributed by atoms with Crippen molar-refractivity contribution in [2.45, 2.75) is 45.8 Å². The molecule has 0 fully saturated rings. The molecule has 0 bridgehead atoms. The Morgan fingerprint density at radius 1 is 1.00 bits per heavy atom. The molecular weight excluding hydrogens is 560 g/mol. The third kappa shape index (κ3) is 8.53. The first-order chi connectivity index (χ1) is 19.8. The van der Waals surface area contributed by atoms with Crippen LogP contribution in [0.3, 0.4) is 0 Å². The number of rotatable bonds is 13. The van der Waals surface area contributed by atoms with Crippen LogP contribution in [-0.4, -0.2) is 62.0 Å². The molecule has 0 heterocycles. The van der Waals surface area contributed by atoms with E-state index in [2.05, 4.69) is 5.32 Å². The molecule has 0 spiro atoms. The Bertz CT molecular complexity index is 1510. The summed E-state index contributed by atoms with van der Waals surface area (Å²) in [4.78, 5) is 39.9. The number of hydrogen-bond acceptors (Lipinski definition) is 7. The fourth-order valence-corrected chi connectivity index (χ4v) is 5.25. The highest BCUT2D eigenvalue weighted by atomic mass is 32.2. The molecule has 0 saturated heterocycles. The maximum atomic E-state index is 14.2. The quantitative estimate of drug-likeness (QED) is 0.234. The maximum Gasteiger partial charge on any atom is 0.271 e. The first-order valence-electron chi connectivity index (χ1n) is 13.3. The normalized spacial score (nSPS) is 12.0. The number of ether oxygens (including phenoxy) is 1. The van der Waals surface area contributed by atoms with E-state index in [1.807, 2.05) is 75.4 Å². The lowest BCUT2D eigenvalue weighted by atomic mass is 10.0. The van der Waals surface area contributed by atoms with E-state index in [0.29, 0.717) is 0 Å². The number of nitrogens with one attached hydrogen (secondary N) is 1. The molecule has 0 aliphatic rings. The molecule has 11 nitrogen and oxygen atoms in total. The maximum absolute atomic E-state index is 14.2. The summed E-state index contributed by atoms with van der Waals surface area (Å²) in [5.41, 5.74) is 2.02. The number of nitrogens with zero attached hydrogens (tertiary/aromatic N) is 3. The van der Waals surface area contributed by atoms with Crippen LogP contribution in [0.25, 0.3) is 0 Å². The lowest BCUT2D eigenvalue weighted by molar-refractivity contribution is -0.384. The van der Waals surface area contributed by atoms with Crippen molar-refractivity contribution in [1.82, 2.24) is 10.2 Å². The van der Waals surface area contributed by atoms with E-state index in [1.54, 1.807) is 0 Å². The molecule has 3 aromatic carbocycles. The van der Waals surface area contributed by atoms with E-state index in [0.717, 1.165) is 33.3 Å². The van der Waals surface area contributed by atoms with Crippen LogP contribution >= 0.6 is 0 Å². The topological polar surface area (TPSA) is 139 Å². The Labute approximate surface area is 246 Å². The molecule has 3 aromatic rings. The van der Waals surface area contributed by atoms with E-state index < -0.39 is 39.3 Å². The zero-order valence-corrected chi connectivity index (χ0v) is 25.1. The number of sulfonamides is 1. The lowest BCUT2D eigenvalue weighted by Gasteiger charge is -2.34. The van der Waals surface area contributed by atoms with Gasteiger partial charge in [0, 0.05) is 31.1 Å². The van der Waals surface area contributed by atoms with Gasteiger partial charge in [0.25, 0.3) is 5.69 Å². The number of aryl methyl sites for hydroxylation is 1. The van der Waals surface area contributed by atoms with E-state index >= 15 is 0 Å². The minimum Gasteiger partial charge on any atom is -0.495 e. The summed E-state index contributed by atoms with van der Waals surface area (Å²) in [6.45, 7) is 4.85. The predicted octanol–water partition coefficient (Wildman–Crippen LogP) is 3.84. The number of benzene rings is 3. The first kappa shape index (κ1) is 32.1. The van der Waals surface area contributed by atoms with Crippen LogP contribution in [-0.2, 0) is 32.6 Å². The highest BCUT2D eigenvalue weighted by Gasteiger charge is 2.34. The number of carbonyl (C=O) groups excluding carboxylic acids is 2. The van der Waals surface area contributed by atoms with Crippen LogP contribution in [0.1, 0.15) is 30.5 Å². The molecule has 0 aliphatic carbocycles. The van der Waals surface area contributed by atoms with Gasteiger partial charge in [-0.25, -0.2) is 8.42 Å². The van der Waals surface area contributed by atoms with Crippen molar-refractivity contribution >= 4 is 33.2 Å². The second-order valence-corrected chi connectivity index (χ2v) is 12.2. The van der Waals surface area contributed by atoms with E-state index in [1.165, 1.54) is 24.1 Å². The number of amides is 2. The monoisotopic (exact) mass is 596 g/mol. The van der Waals surface area contributed by atoms with Crippen molar-refractivity contribution in [2.24, 2.45) is 0 Å². The van der Waals surface area contributed by atoms with Crippen LogP contribution in [0, 0.1) is 17.0 Å². The Morgan fingerprint density at radius 2 is 1.64 bits per heavy atom. The number of nitro groups is 1. The summed E-state index contributed by atoms with van der Waals surface area (Å²) < 4.78 is 32.1. The molecule has 2 amide bonds. The van der Waals surface area contributed by atoms with Crippen molar-refractivity contribution in [3.8, 4) is 5.75 Å². The van der Waals surface area contributed by atoms with Gasteiger partial charge in [-0.15, -0.1) is 0 Å². The Morgan fingerprint density at radius 3 is 2.19 bits per heavy atom. The van der Waals surface area contributed by atoms with Crippen molar-refractivity contribution < 1.29 is 27.7 Å². The third-order valence-corrected chi connectivity index (χ3v) is 7.62. The average molecular weight is 597 g/mol. The van der Waals surface area contributed by atoms with E-state index in [-0.39, 0.29) is 36.1 Å². The summed E-state index contributed by atoms with van der Waals surface area (Å²) in [6.07, 6.45) is 1.08. The second kappa shape index (κ2) is 13.9. The number of anilines is 1. The molecule has 0 radical (unpaired) electrons. The predicted molar refractivity (Wildman–Crippen MR) is 161 cm³/mol. The summed E-state index contributed by atoms with van der Waals surface area (Å²) >= 11 is 0. The fourth-order valence-electron chi connectivity index (χ4n) is 4.41. The van der Waals surface area contributed by atoms with Gasteiger partial charge in [0.05, 0.1) is 18.3 Å². The fraction of sp³-hybridized carbons (Fsp3) is 0.333. The molecule has 0 saturated carbocycles. The van der Waals surface area contributed by atoms with Gasteiger partial charge < -0.3 is 15.0 Å². The molecule has 0 aromatic heterocycles. The molecule has 1 atom stereocenters. The highest BCUT2D eigenvalue weighted by molar-refractivity contribution is 7.92. The average Bonchev–Trinajstić information content (AvgIpc) is 2.93. The van der Waals surface area contributed by atoms with Gasteiger partial charge >= 0.3 is 0 Å². The molecular formula is C30H36N4O7S. The summed E-state index contributed by atoms with van der Waals surface area (Å²) in [5, 5.41) is 14.4. The number of non-ortho nitro benzene ring substituents is 1. The number of nitro benzene ring substituents is 1. The summed E-state index contributed by atoms with van der Waals surface area (Å²) in [5.74, 6) is -1.04. The van der Waals surface area contributed by atoms with Crippen LogP contribution in [0.5, 0.6) is 5.75 Å². The zero-order chi connectivity index (χ0) is 31.0. The SMILES string of the molecule is COc1ccc([N+](=O)[O-])cc1N(CC(=O)N(Cc1ccc(C)cc1)[C@@H](Cc1ccccc1)C(=O)NC(C)C)S(C)(=O)=O. The largest absolute Gasteiger partial charge is 0.495 e. The highest BCUT2D eigenvalue weighted by Crippen LogP contribution is 2.34. The molecule has 42 heavy (non-hydrogen) atoms. The van der Waals surface area contributed by atoms with Crippen molar-refractivity contribution in [3.05, 3.63) is 99.6 Å². The smallest absolute Gasteiger partial charge is 0.271 e. The minimum absolute atomic E-state index is 0.0196. The summed E-state index contributed by atoms with van der Waals surface area (Å²) in [7, 11) is -2.85. The lowest BCUT2D eigenvalue weighted by Crippen LogP contribution is -2.54. The number of carbonyl (C=O) groups is 2. The zero-order valence-electron chi connectivity index (χ0n) is 24.3. The van der Waals surface area contributed by atoms with Crippen LogP contribution in [0.15, 0.2) is 72.8 Å². The first-order valence-corrected chi connectivity index (χ1v) is 15.1. The van der Waals surface area contributed by atoms with E-state index in [4.69, 9.17) is 4.74 Å². The summed E-state index contributed by atoms with van der Waals surface area (Å²) in [6, 6.07) is 19.0. The van der Waals surface area contributed by atoms with Crippen LogP contribution in [0.2, 0.25) is 0 Å². The Kier molecular flexibility index (Phi) is 10.6. The van der Waals surface area contributed by atoms with Gasteiger partial charge in [0.15, 0.2) is 0 Å². The number of hydrogen-bond donors (Lipinski definition) is 1. The second-order valence-electron chi connectivity index (χ2n) is 10.3. The third-order valence-electron chi connectivity index (χ3n) is 6.50. The van der Waals surface area contributed by atoms with Gasteiger partial charge in [0.1, 0.15) is 24.0 Å². The van der Waals surface area contributed by atoms with Crippen LogP contribution < -0.4 is 14.4 Å². The van der Waals surface area contributed by atoms with Crippen molar-refractivity contribution in [2.75, 3.05) is 24.2 Å². The van der Waals surface area contributed by atoms with Gasteiger partial charge in [-0.2, -0.15) is 0 Å². The molecule has 3 rings (SSSR count). The van der Waals surface area contributed by atoms with Crippen molar-refractivity contribution in [1.29, 1.82) is 0 Å². The van der Waals surface area contributed by atoms with Gasteiger partial charge in [-0.1, -0.05) is 60.2 Å².